The van der Waals surface area contributed by atoms with Crippen LogP contribution in [0.3, 0.4) is 0 Å². The molecule has 0 saturated carbocycles. The lowest BCUT2D eigenvalue weighted by molar-refractivity contribution is 1.18. The van der Waals surface area contributed by atoms with Gasteiger partial charge in [0.2, 0.25) is 0 Å². The summed E-state index contributed by atoms with van der Waals surface area (Å²) in [6.07, 6.45) is 0. The quantitative estimate of drug-likeness (QED) is 0.176. The molecule has 234 valence electrons. The minimum atomic E-state index is -0.496. The van der Waals surface area contributed by atoms with Gasteiger partial charge < -0.3 is 9.13 Å². The van der Waals surface area contributed by atoms with Gasteiger partial charge in [-0.15, -0.1) is 0 Å². The van der Waals surface area contributed by atoms with Crippen LogP contribution in [0.15, 0.2) is 194 Å². The fourth-order valence-corrected chi connectivity index (χ4v) is 6.99. The third-order valence-electron chi connectivity index (χ3n) is 9.20. The predicted octanol–water partition coefficient (Wildman–Crippen LogP) is 12.9. The van der Waals surface area contributed by atoms with Crippen LogP contribution in [0.25, 0.3) is 88.4 Å². The molecule has 2 heteroatoms. The summed E-state index contributed by atoms with van der Waals surface area (Å²) < 4.78 is 106. The van der Waals surface area contributed by atoms with Crippen molar-refractivity contribution in [3.05, 3.63) is 194 Å². The minimum Gasteiger partial charge on any atom is -0.309 e. The van der Waals surface area contributed by atoms with Gasteiger partial charge in [-0.05, 0) is 70.6 Å². The van der Waals surface area contributed by atoms with E-state index in [1.54, 1.807) is 21.3 Å². The second-order valence-corrected chi connectivity index (χ2v) is 12.0. The van der Waals surface area contributed by atoms with Crippen LogP contribution in [0.4, 0.5) is 0 Å². The lowest BCUT2D eigenvalue weighted by Gasteiger charge is -2.14. The van der Waals surface area contributed by atoms with E-state index in [4.69, 9.17) is 6.85 Å². The average Bonchev–Trinajstić information content (AvgIpc) is 3.81. The predicted molar refractivity (Wildman–Crippen MR) is 211 cm³/mol. The molecular formula is C48H32N2. The van der Waals surface area contributed by atoms with Crippen LogP contribution in [-0.2, 0) is 0 Å². The maximum atomic E-state index is 9.88. The van der Waals surface area contributed by atoms with Crippen molar-refractivity contribution in [3.63, 3.8) is 0 Å². The van der Waals surface area contributed by atoms with Crippen LogP contribution >= 0.6 is 0 Å². The first-order valence-corrected chi connectivity index (χ1v) is 16.3. The Labute approximate surface area is 306 Å². The van der Waals surface area contributed by atoms with Crippen LogP contribution in [0.2, 0.25) is 0 Å². The van der Waals surface area contributed by atoms with E-state index in [9.17, 15) is 8.22 Å². The van der Waals surface area contributed by atoms with Gasteiger partial charge in [0.25, 0.3) is 0 Å². The first kappa shape index (κ1) is 19.4. The first-order valence-electron chi connectivity index (χ1n) is 21.8. The molecule has 10 rings (SSSR count). The number of hydrogen-bond donors (Lipinski definition) is 0. The van der Waals surface area contributed by atoms with E-state index in [-0.39, 0.29) is 92.2 Å². The Morgan fingerprint density at radius 3 is 1.40 bits per heavy atom. The van der Waals surface area contributed by atoms with E-state index in [0.717, 1.165) is 16.7 Å². The van der Waals surface area contributed by atoms with Gasteiger partial charge in [-0.1, -0.05) is 145 Å². The monoisotopic (exact) mass is 647 g/mol. The smallest absolute Gasteiger partial charge is 0.0645 e. The molecule has 0 amide bonds. The Bertz CT molecular complexity index is 3480. The Hall–Kier alpha value is -6.64. The molecule has 0 aliphatic carbocycles. The van der Waals surface area contributed by atoms with Gasteiger partial charge in [-0.25, -0.2) is 0 Å². The van der Waals surface area contributed by atoms with Crippen molar-refractivity contribution in [2.24, 2.45) is 0 Å². The molecule has 8 aromatic carbocycles. The summed E-state index contributed by atoms with van der Waals surface area (Å²) in [6.45, 7) is 0. The Balaban J connectivity index is 1.35. The summed E-state index contributed by atoms with van der Waals surface area (Å²) in [5.41, 5.74) is 4.36. The number of para-hydroxylation sites is 4. The van der Waals surface area contributed by atoms with E-state index in [1.807, 2.05) is 97.1 Å². The molecule has 50 heavy (non-hydrogen) atoms. The van der Waals surface area contributed by atoms with Crippen LogP contribution in [0.1, 0.15) is 15.1 Å². The summed E-state index contributed by atoms with van der Waals surface area (Å²) in [7, 11) is 0. The van der Waals surface area contributed by atoms with Crippen LogP contribution < -0.4 is 0 Å². The fraction of sp³-hybridized carbons (Fsp3) is 0. The van der Waals surface area contributed by atoms with E-state index < -0.39 is 18.1 Å². The van der Waals surface area contributed by atoms with Crippen molar-refractivity contribution in [2.45, 2.75) is 0 Å². The summed E-state index contributed by atoms with van der Waals surface area (Å²) in [4.78, 5) is 0. The van der Waals surface area contributed by atoms with Crippen molar-refractivity contribution in [1.29, 1.82) is 0 Å². The van der Waals surface area contributed by atoms with Crippen molar-refractivity contribution < 1.29 is 15.1 Å². The number of nitrogens with zero attached hydrogens (tertiary/aromatic N) is 2. The number of fused-ring (bicyclic) bond motifs is 6. The first-order chi connectivity index (χ1) is 29.4. The van der Waals surface area contributed by atoms with Crippen molar-refractivity contribution in [3.8, 4) is 44.8 Å². The number of rotatable bonds is 5. The molecular weight excluding hydrogens is 605 g/mol. The van der Waals surface area contributed by atoms with Gasteiger partial charge in [0.15, 0.2) is 0 Å². The molecule has 2 aromatic heterocycles. The highest BCUT2D eigenvalue weighted by Gasteiger charge is 2.18. The fourth-order valence-electron chi connectivity index (χ4n) is 6.99. The maximum Gasteiger partial charge on any atom is 0.0645 e. The van der Waals surface area contributed by atoms with Gasteiger partial charge in [-0.2, -0.15) is 0 Å². The lowest BCUT2D eigenvalue weighted by atomic mass is 10.0. The molecule has 2 heterocycles. The molecule has 0 aliphatic heterocycles. The molecule has 0 N–H and O–H groups in total. The molecule has 0 radical (unpaired) electrons. The zero-order valence-electron chi connectivity index (χ0n) is 37.5. The highest BCUT2D eigenvalue weighted by atomic mass is 15.0. The maximum absolute atomic E-state index is 9.88. The topological polar surface area (TPSA) is 9.86 Å². The minimum absolute atomic E-state index is 0.000852. The van der Waals surface area contributed by atoms with E-state index in [1.165, 1.54) is 18.2 Å². The Morgan fingerprint density at radius 1 is 0.320 bits per heavy atom. The van der Waals surface area contributed by atoms with Crippen LogP contribution in [0, 0.1) is 0 Å². The summed E-state index contributed by atoms with van der Waals surface area (Å²) in [5, 5.41) is 0.605. The molecule has 0 bridgehead atoms. The third kappa shape index (κ3) is 4.43. The molecule has 0 aliphatic rings. The van der Waals surface area contributed by atoms with Gasteiger partial charge in [-0.3, -0.25) is 0 Å². The number of aromatic nitrogens is 2. The number of benzene rings is 8. The molecule has 0 saturated heterocycles. The van der Waals surface area contributed by atoms with Crippen molar-refractivity contribution in [1.82, 2.24) is 9.13 Å². The standard InChI is InChI=1S/C48H32N2/c1-3-15-33(16-4-1)37-19-7-11-23-43(37)49-45-25-13-9-21-39(45)41-31-35(27-29-47(41)49)36-28-30-48-42(32-36)40-22-10-14-26-46(40)50(48)44-24-12-8-20-38(44)34-17-5-2-6-18-34/h1-32H/i9D,14D,22D,25D,26D,27D,28D,29D,30D,31D,32D. The van der Waals surface area contributed by atoms with Crippen molar-refractivity contribution >= 4 is 43.6 Å². The van der Waals surface area contributed by atoms with Gasteiger partial charge in [0.1, 0.15) is 0 Å². The second kappa shape index (κ2) is 11.5. The SMILES string of the molecule is [2H]c1cc([2H])c2c(c1)c1c([2H])c(-c3c([2H])c([2H])c4c(c3[2H])c3c([2H])cc([2H])c([2H])c3n4-c3ccccc3-c3ccccc3)c([2H])c([2H])c1n2-c1ccccc1-c1ccccc1. The zero-order chi connectivity index (χ0) is 42.6. The highest BCUT2D eigenvalue weighted by molar-refractivity contribution is 6.13. The summed E-state index contributed by atoms with van der Waals surface area (Å²) in [6, 6.07) is 34.9. The largest absolute Gasteiger partial charge is 0.309 e. The molecule has 0 spiro atoms. The van der Waals surface area contributed by atoms with Gasteiger partial charge in [0.05, 0.1) is 48.5 Å². The zero-order valence-corrected chi connectivity index (χ0v) is 26.5. The Morgan fingerprint density at radius 2 is 0.800 bits per heavy atom. The highest BCUT2D eigenvalue weighted by Crippen LogP contribution is 2.40. The lowest BCUT2D eigenvalue weighted by Crippen LogP contribution is -1.97. The van der Waals surface area contributed by atoms with Crippen molar-refractivity contribution in [2.75, 3.05) is 0 Å². The molecule has 0 fully saturated rings. The molecule has 0 atom stereocenters. The summed E-state index contributed by atoms with van der Waals surface area (Å²) in [5.74, 6) is 0. The number of hydrogen-bond acceptors (Lipinski definition) is 0. The molecule has 2 nitrogen and oxygen atoms in total. The summed E-state index contributed by atoms with van der Waals surface area (Å²) >= 11 is 0. The van der Waals surface area contributed by atoms with E-state index in [2.05, 4.69) is 0 Å². The second-order valence-electron chi connectivity index (χ2n) is 12.0. The average molecular weight is 648 g/mol. The Kier molecular flexibility index (Phi) is 4.46. The van der Waals surface area contributed by atoms with Gasteiger partial charge in [0, 0.05) is 32.7 Å². The van der Waals surface area contributed by atoms with Crippen LogP contribution in [-0.4, -0.2) is 9.13 Å². The third-order valence-corrected chi connectivity index (χ3v) is 9.20. The molecule has 0 unspecified atom stereocenters. The van der Waals surface area contributed by atoms with Crippen LogP contribution in [0.5, 0.6) is 0 Å². The van der Waals surface area contributed by atoms with E-state index in [0.29, 0.717) is 27.8 Å². The van der Waals surface area contributed by atoms with E-state index >= 15 is 0 Å². The normalized spacial score (nSPS) is 14.7. The molecule has 10 aromatic rings. The van der Waals surface area contributed by atoms with Gasteiger partial charge >= 0.3 is 0 Å².